The van der Waals surface area contributed by atoms with E-state index in [1.54, 1.807) is 30.3 Å². The number of carbonyl (C=O) groups is 1. The average molecular weight is 403 g/mol. The lowest BCUT2D eigenvalue weighted by Crippen LogP contribution is -2.43. The predicted octanol–water partition coefficient (Wildman–Crippen LogP) is 2.94. The van der Waals surface area contributed by atoms with Crippen LogP contribution in [-0.4, -0.2) is 36.6 Å². The summed E-state index contributed by atoms with van der Waals surface area (Å²) in [6, 6.07) is 12.5. The summed E-state index contributed by atoms with van der Waals surface area (Å²) in [6.07, 6.45) is 1.06. The fourth-order valence-electron chi connectivity index (χ4n) is 3.21. The largest absolute Gasteiger partial charge is 0.320 e. The summed E-state index contributed by atoms with van der Waals surface area (Å²) in [4.78, 5) is 23.4. The molecule has 0 spiro atoms. The van der Waals surface area contributed by atoms with Crippen LogP contribution in [0, 0.1) is 23.0 Å². The number of amides is 1. The Morgan fingerprint density at radius 2 is 1.86 bits per heavy atom. The molecule has 1 atom stereocenters. The van der Waals surface area contributed by atoms with Crippen LogP contribution in [0.3, 0.4) is 0 Å². The van der Waals surface area contributed by atoms with Crippen LogP contribution in [0.1, 0.15) is 18.4 Å². The number of rotatable bonds is 5. The van der Waals surface area contributed by atoms with Crippen LogP contribution in [0.5, 0.6) is 0 Å². The first-order chi connectivity index (χ1) is 13.3. The third-order valence-electron chi connectivity index (χ3n) is 4.77. The van der Waals surface area contributed by atoms with Gasteiger partial charge in [-0.3, -0.25) is 14.9 Å². The second-order valence-corrected chi connectivity index (χ2v) is 8.72. The number of hydrogen-bond acceptors (Lipinski definition) is 5. The van der Waals surface area contributed by atoms with Crippen molar-refractivity contribution in [1.82, 2.24) is 4.31 Å². The van der Waals surface area contributed by atoms with E-state index in [0.29, 0.717) is 19.4 Å². The van der Waals surface area contributed by atoms with Crippen molar-refractivity contribution in [2.45, 2.75) is 24.7 Å². The molecule has 0 radical (unpaired) electrons. The second-order valence-electron chi connectivity index (χ2n) is 6.78. The lowest BCUT2D eigenvalue weighted by molar-refractivity contribution is -0.383. The van der Waals surface area contributed by atoms with Crippen LogP contribution in [0.2, 0.25) is 0 Å². The maximum atomic E-state index is 12.9. The molecular weight excluding hydrogens is 382 g/mol. The molecular formula is C19H21N3O5S. The van der Waals surface area contributed by atoms with Gasteiger partial charge in [-0.2, -0.15) is 4.31 Å². The van der Waals surface area contributed by atoms with Gasteiger partial charge in [-0.25, -0.2) is 8.42 Å². The van der Waals surface area contributed by atoms with Crippen LogP contribution in [-0.2, 0) is 14.8 Å². The van der Waals surface area contributed by atoms with Crippen molar-refractivity contribution in [2.75, 3.05) is 18.4 Å². The number of para-hydroxylation sites is 2. The zero-order valence-electron chi connectivity index (χ0n) is 15.4. The number of piperidine rings is 1. The van der Waals surface area contributed by atoms with Gasteiger partial charge in [0.1, 0.15) is 5.69 Å². The monoisotopic (exact) mass is 403 g/mol. The number of nitro groups is 1. The van der Waals surface area contributed by atoms with Gasteiger partial charge in [-0.1, -0.05) is 29.8 Å². The molecule has 0 bridgehead atoms. The third-order valence-corrected chi connectivity index (χ3v) is 6.65. The number of carbonyl (C=O) groups excluding carboxylic acids is 1. The van der Waals surface area contributed by atoms with E-state index in [0.717, 1.165) is 5.56 Å². The Balaban J connectivity index is 1.75. The molecule has 9 heteroatoms. The third kappa shape index (κ3) is 4.20. The predicted molar refractivity (Wildman–Crippen MR) is 104 cm³/mol. The number of nitrogens with one attached hydrogen (secondary N) is 1. The summed E-state index contributed by atoms with van der Waals surface area (Å²) in [5, 5.41) is 13.7. The van der Waals surface area contributed by atoms with Crippen molar-refractivity contribution in [3.63, 3.8) is 0 Å². The highest BCUT2D eigenvalue weighted by molar-refractivity contribution is 7.89. The molecule has 8 nitrogen and oxygen atoms in total. The van der Waals surface area contributed by atoms with E-state index < -0.39 is 26.8 Å². The molecule has 1 aliphatic heterocycles. The van der Waals surface area contributed by atoms with Gasteiger partial charge in [0.05, 0.1) is 15.7 Å². The highest BCUT2D eigenvalue weighted by atomic mass is 32.2. The van der Waals surface area contributed by atoms with Gasteiger partial charge in [0.2, 0.25) is 15.9 Å². The molecule has 3 rings (SSSR count). The molecule has 0 aromatic heterocycles. The van der Waals surface area contributed by atoms with Gasteiger partial charge in [0.25, 0.3) is 5.69 Å². The number of anilines is 1. The van der Waals surface area contributed by atoms with Crippen LogP contribution in [0.15, 0.2) is 53.4 Å². The van der Waals surface area contributed by atoms with Crippen molar-refractivity contribution < 1.29 is 18.1 Å². The Kier molecular flexibility index (Phi) is 5.76. The molecule has 2 aromatic carbocycles. The van der Waals surface area contributed by atoms with Crippen molar-refractivity contribution in [2.24, 2.45) is 5.92 Å². The lowest BCUT2D eigenvalue weighted by atomic mass is 9.98. The molecule has 148 valence electrons. The number of aryl methyl sites for hydroxylation is 1. The van der Waals surface area contributed by atoms with Crippen molar-refractivity contribution >= 4 is 27.3 Å². The highest BCUT2D eigenvalue weighted by Gasteiger charge is 2.33. The average Bonchev–Trinajstić information content (AvgIpc) is 2.68. The molecule has 1 fully saturated rings. The van der Waals surface area contributed by atoms with Gasteiger partial charge in [-0.05, 0) is 38.0 Å². The SMILES string of the molecule is Cc1ccc(S(=O)(=O)N2CCCC(C(=O)Nc3ccccc3[N+](=O)[O-])C2)cc1. The van der Waals surface area contributed by atoms with E-state index in [1.807, 2.05) is 6.92 Å². The maximum absolute atomic E-state index is 12.9. The van der Waals surface area contributed by atoms with Crippen molar-refractivity contribution in [3.05, 3.63) is 64.2 Å². The Bertz CT molecular complexity index is 989. The van der Waals surface area contributed by atoms with Gasteiger partial charge < -0.3 is 5.32 Å². The molecule has 1 unspecified atom stereocenters. The molecule has 1 amide bonds. The molecule has 2 aromatic rings. The molecule has 1 heterocycles. The first-order valence-corrected chi connectivity index (χ1v) is 10.3. The standard InChI is InChI=1S/C19H21N3O5S/c1-14-8-10-16(11-9-14)28(26,27)21-12-4-5-15(13-21)19(23)20-17-6-2-3-7-18(17)22(24)25/h2-3,6-11,15H,4-5,12-13H2,1H3,(H,20,23). The number of sulfonamides is 1. The van der Waals surface area contributed by atoms with Crippen molar-refractivity contribution in [1.29, 1.82) is 0 Å². The van der Waals surface area contributed by atoms with Gasteiger partial charge in [0, 0.05) is 19.2 Å². The first-order valence-electron chi connectivity index (χ1n) is 8.90. The summed E-state index contributed by atoms with van der Waals surface area (Å²) < 4.78 is 27.1. The summed E-state index contributed by atoms with van der Waals surface area (Å²) in [7, 11) is -3.69. The highest BCUT2D eigenvalue weighted by Crippen LogP contribution is 2.27. The van der Waals surface area contributed by atoms with Crippen molar-refractivity contribution in [3.8, 4) is 0 Å². The molecule has 1 saturated heterocycles. The minimum Gasteiger partial charge on any atom is -0.320 e. The zero-order chi connectivity index (χ0) is 20.3. The van der Waals surface area contributed by atoms with Crippen LogP contribution < -0.4 is 5.32 Å². The Hall–Kier alpha value is -2.78. The second kappa shape index (κ2) is 8.07. The Morgan fingerprint density at radius 3 is 2.54 bits per heavy atom. The normalized spacial score (nSPS) is 17.8. The van der Waals surface area contributed by atoms with E-state index in [2.05, 4.69) is 5.32 Å². The number of nitrogens with zero attached hydrogens (tertiary/aromatic N) is 2. The van der Waals surface area contributed by atoms with Gasteiger partial charge >= 0.3 is 0 Å². The Labute approximate surface area is 163 Å². The number of nitro benzene ring substituents is 1. The number of benzene rings is 2. The van der Waals surface area contributed by atoms with E-state index >= 15 is 0 Å². The topological polar surface area (TPSA) is 110 Å². The smallest absolute Gasteiger partial charge is 0.292 e. The zero-order valence-corrected chi connectivity index (χ0v) is 16.2. The summed E-state index contributed by atoms with van der Waals surface area (Å²) >= 11 is 0. The van der Waals surface area contributed by atoms with Gasteiger partial charge in [0.15, 0.2) is 0 Å². The fourth-order valence-corrected chi connectivity index (χ4v) is 4.73. The van der Waals surface area contributed by atoms with Gasteiger partial charge in [-0.15, -0.1) is 0 Å². The van der Waals surface area contributed by atoms with E-state index in [4.69, 9.17) is 0 Å². The minimum absolute atomic E-state index is 0.0443. The summed E-state index contributed by atoms with van der Waals surface area (Å²) in [5.74, 6) is -0.994. The number of hydrogen-bond donors (Lipinski definition) is 1. The molecule has 1 aliphatic rings. The molecule has 28 heavy (non-hydrogen) atoms. The van der Waals surface area contributed by atoms with E-state index in [1.165, 1.54) is 22.5 Å². The lowest BCUT2D eigenvalue weighted by Gasteiger charge is -2.31. The molecule has 0 saturated carbocycles. The molecule has 1 N–H and O–H groups in total. The maximum Gasteiger partial charge on any atom is 0.292 e. The minimum atomic E-state index is -3.69. The molecule has 0 aliphatic carbocycles. The fraction of sp³-hybridized carbons (Fsp3) is 0.316. The van der Waals surface area contributed by atoms with Crippen LogP contribution in [0.4, 0.5) is 11.4 Å². The summed E-state index contributed by atoms with van der Waals surface area (Å²) in [6.45, 7) is 2.26. The quantitative estimate of drug-likeness (QED) is 0.610. The van der Waals surface area contributed by atoms with E-state index in [-0.39, 0.29) is 22.8 Å². The summed E-state index contributed by atoms with van der Waals surface area (Å²) in [5.41, 5.74) is 0.867. The Morgan fingerprint density at radius 1 is 1.18 bits per heavy atom. The first kappa shape index (κ1) is 20.0. The van der Waals surface area contributed by atoms with E-state index in [9.17, 15) is 23.3 Å². The van der Waals surface area contributed by atoms with Crippen LogP contribution >= 0.6 is 0 Å². The van der Waals surface area contributed by atoms with Crippen LogP contribution in [0.25, 0.3) is 0 Å².